The highest BCUT2D eigenvalue weighted by Gasteiger charge is 2.19. The summed E-state index contributed by atoms with van der Waals surface area (Å²) in [5.41, 5.74) is 7.16. The van der Waals surface area contributed by atoms with E-state index in [1.165, 1.54) is 33.2 Å². The molecule has 2 heteroatoms. The van der Waals surface area contributed by atoms with Gasteiger partial charge in [-0.25, -0.2) is 0 Å². The molecular weight excluding hydrogens is 352 g/mol. The molecule has 29 heavy (non-hydrogen) atoms. The number of nitrogens with zero attached hydrogens (tertiary/aromatic N) is 2. The van der Waals surface area contributed by atoms with Crippen LogP contribution in [-0.4, -0.2) is 10.6 Å². The SMILES string of the molecule is CC(C)N=c1c(-c2ccccc2)c(-c2ccccc2)c2ccccc2n1C(C)C. The minimum Gasteiger partial charge on any atom is -0.323 e. The lowest BCUT2D eigenvalue weighted by molar-refractivity contribution is 0.582. The fourth-order valence-corrected chi connectivity index (χ4v) is 4.05. The van der Waals surface area contributed by atoms with Gasteiger partial charge in [-0.15, -0.1) is 0 Å². The molecule has 4 aromatic rings. The maximum absolute atomic E-state index is 5.16. The molecule has 0 bridgehead atoms. The molecule has 0 radical (unpaired) electrons. The zero-order valence-electron chi connectivity index (χ0n) is 17.6. The minimum absolute atomic E-state index is 0.201. The summed E-state index contributed by atoms with van der Waals surface area (Å²) in [6, 6.07) is 30.6. The first-order valence-electron chi connectivity index (χ1n) is 10.4. The number of benzene rings is 3. The quantitative estimate of drug-likeness (QED) is 0.368. The predicted octanol–water partition coefficient (Wildman–Crippen LogP) is 6.87. The summed E-state index contributed by atoms with van der Waals surface area (Å²) in [6.07, 6.45) is 0. The number of fused-ring (bicyclic) bond motifs is 1. The van der Waals surface area contributed by atoms with E-state index in [9.17, 15) is 0 Å². The monoisotopic (exact) mass is 380 g/mol. The summed E-state index contributed by atoms with van der Waals surface area (Å²) in [7, 11) is 0. The van der Waals surface area contributed by atoms with Gasteiger partial charge in [-0.1, -0.05) is 78.9 Å². The fraction of sp³-hybridized carbons (Fsp3) is 0.222. The highest BCUT2D eigenvalue weighted by atomic mass is 15.0. The van der Waals surface area contributed by atoms with E-state index in [-0.39, 0.29) is 6.04 Å². The Labute approximate surface area is 173 Å². The van der Waals surface area contributed by atoms with Crippen LogP contribution >= 0.6 is 0 Å². The van der Waals surface area contributed by atoms with Crippen LogP contribution in [0.3, 0.4) is 0 Å². The zero-order valence-corrected chi connectivity index (χ0v) is 17.6. The van der Waals surface area contributed by atoms with Gasteiger partial charge in [0.1, 0.15) is 5.49 Å². The van der Waals surface area contributed by atoms with Crippen molar-refractivity contribution in [1.82, 2.24) is 4.57 Å². The number of para-hydroxylation sites is 1. The molecule has 0 atom stereocenters. The summed E-state index contributed by atoms with van der Waals surface area (Å²) in [5, 5.41) is 1.26. The summed E-state index contributed by atoms with van der Waals surface area (Å²) < 4.78 is 2.39. The average Bonchev–Trinajstić information content (AvgIpc) is 2.73. The molecule has 3 aromatic carbocycles. The van der Waals surface area contributed by atoms with Crippen LogP contribution in [0.15, 0.2) is 89.9 Å². The summed E-state index contributed by atoms with van der Waals surface area (Å²) in [4.78, 5) is 5.16. The first kappa shape index (κ1) is 19.2. The van der Waals surface area contributed by atoms with E-state index in [1.807, 2.05) is 0 Å². The Bertz CT molecular complexity index is 1180. The molecule has 0 fully saturated rings. The summed E-state index contributed by atoms with van der Waals surface area (Å²) >= 11 is 0. The molecule has 0 aliphatic carbocycles. The van der Waals surface area contributed by atoms with Gasteiger partial charge in [-0.3, -0.25) is 4.99 Å². The van der Waals surface area contributed by atoms with Gasteiger partial charge in [-0.2, -0.15) is 0 Å². The fourth-order valence-electron chi connectivity index (χ4n) is 4.05. The maximum atomic E-state index is 5.16. The van der Waals surface area contributed by atoms with E-state index in [2.05, 4.69) is 117 Å². The van der Waals surface area contributed by atoms with E-state index in [1.54, 1.807) is 0 Å². The van der Waals surface area contributed by atoms with Gasteiger partial charge < -0.3 is 4.57 Å². The third-order valence-corrected chi connectivity index (χ3v) is 5.16. The standard InChI is InChI=1S/C27H28N2/c1-19(2)28-27-26(22-15-9-6-10-16-22)25(21-13-7-5-8-14-21)23-17-11-12-18-24(23)29(27)20(3)4/h5-20H,1-4H3. The van der Waals surface area contributed by atoms with Crippen LogP contribution in [0.1, 0.15) is 33.7 Å². The molecule has 0 saturated carbocycles. The third-order valence-electron chi connectivity index (χ3n) is 5.16. The highest BCUT2D eigenvalue weighted by molar-refractivity contribution is 6.02. The van der Waals surface area contributed by atoms with E-state index in [0.717, 1.165) is 5.49 Å². The maximum Gasteiger partial charge on any atom is 0.137 e. The van der Waals surface area contributed by atoms with Gasteiger partial charge in [0.25, 0.3) is 0 Å². The molecule has 0 N–H and O–H groups in total. The van der Waals surface area contributed by atoms with Gasteiger partial charge in [-0.05, 0) is 44.9 Å². The van der Waals surface area contributed by atoms with Gasteiger partial charge in [0, 0.05) is 28.6 Å². The van der Waals surface area contributed by atoms with Gasteiger partial charge in [0.15, 0.2) is 0 Å². The smallest absolute Gasteiger partial charge is 0.137 e. The molecule has 0 aliphatic rings. The van der Waals surface area contributed by atoms with Gasteiger partial charge in [0.05, 0.1) is 5.52 Å². The Balaban J connectivity index is 2.31. The van der Waals surface area contributed by atoms with Crippen molar-refractivity contribution in [1.29, 1.82) is 0 Å². The van der Waals surface area contributed by atoms with Gasteiger partial charge in [0.2, 0.25) is 0 Å². The van der Waals surface area contributed by atoms with Crippen molar-refractivity contribution in [2.75, 3.05) is 0 Å². The van der Waals surface area contributed by atoms with E-state index >= 15 is 0 Å². The molecule has 4 rings (SSSR count). The second kappa shape index (κ2) is 8.08. The van der Waals surface area contributed by atoms with Crippen molar-refractivity contribution in [3.8, 4) is 22.3 Å². The number of rotatable bonds is 4. The van der Waals surface area contributed by atoms with Crippen LogP contribution in [0.5, 0.6) is 0 Å². The van der Waals surface area contributed by atoms with Crippen LogP contribution < -0.4 is 5.49 Å². The van der Waals surface area contributed by atoms with Crippen LogP contribution in [0.25, 0.3) is 33.2 Å². The molecule has 0 amide bonds. The second-order valence-electron chi connectivity index (χ2n) is 8.01. The molecule has 2 nitrogen and oxygen atoms in total. The molecule has 1 aromatic heterocycles. The third kappa shape index (κ3) is 3.63. The minimum atomic E-state index is 0.201. The van der Waals surface area contributed by atoms with Crippen molar-refractivity contribution >= 4 is 10.9 Å². The topological polar surface area (TPSA) is 17.3 Å². The number of hydrogen-bond acceptors (Lipinski definition) is 1. The highest BCUT2D eigenvalue weighted by Crippen LogP contribution is 2.36. The van der Waals surface area contributed by atoms with Crippen molar-refractivity contribution in [3.63, 3.8) is 0 Å². The zero-order chi connectivity index (χ0) is 20.4. The Morgan fingerprint density at radius 3 is 1.69 bits per heavy atom. The normalized spacial score (nSPS) is 12.3. The Morgan fingerprint density at radius 1 is 0.621 bits per heavy atom. The molecule has 0 spiro atoms. The molecule has 0 saturated heterocycles. The first-order valence-corrected chi connectivity index (χ1v) is 10.4. The lowest BCUT2D eigenvalue weighted by Gasteiger charge is -2.23. The van der Waals surface area contributed by atoms with E-state index in [0.29, 0.717) is 6.04 Å². The second-order valence-corrected chi connectivity index (χ2v) is 8.01. The van der Waals surface area contributed by atoms with E-state index < -0.39 is 0 Å². The Kier molecular flexibility index (Phi) is 5.35. The molecule has 1 heterocycles. The summed E-state index contributed by atoms with van der Waals surface area (Å²) in [6.45, 7) is 8.78. The number of pyridine rings is 1. The molecular formula is C27H28N2. The van der Waals surface area contributed by atoms with Crippen molar-refractivity contribution in [2.45, 2.75) is 39.8 Å². The van der Waals surface area contributed by atoms with Crippen molar-refractivity contribution in [3.05, 3.63) is 90.4 Å². The van der Waals surface area contributed by atoms with E-state index in [4.69, 9.17) is 4.99 Å². The van der Waals surface area contributed by atoms with Crippen LogP contribution in [0.2, 0.25) is 0 Å². The van der Waals surface area contributed by atoms with Crippen molar-refractivity contribution in [2.24, 2.45) is 4.99 Å². The predicted molar refractivity (Wildman–Crippen MR) is 124 cm³/mol. The average molecular weight is 381 g/mol. The summed E-state index contributed by atoms with van der Waals surface area (Å²) in [5.74, 6) is 0. The lowest BCUT2D eigenvalue weighted by Crippen LogP contribution is -2.27. The largest absolute Gasteiger partial charge is 0.323 e. The van der Waals surface area contributed by atoms with Crippen LogP contribution in [0, 0.1) is 0 Å². The number of aromatic nitrogens is 1. The molecule has 0 unspecified atom stereocenters. The Hall–Kier alpha value is -3.13. The number of hydrogen-bond donors (Lipinski definition) is 0. The Morgan fingerprint density at radius 2 is 1.14 bits per heavy atom. The first-order chi connectivity index (χ1) is 14.1. The van der Waals surface area contributed by atoms with Gasteiger partial charge >= 0.3 is 0 Å². The molecule has 0 aliphatic heterocycles. The molecule has 146 valence electrons. The van der Waals surface area contributed by atoms with Crippen LogP contribution in [0.4, 0.5) is 0 Å². The lowest BCUT2D eigenvalue weighted by atomic mass is 9.91. The van der Waals surface area contributed by atoms with Crippen LogP contribution in [-0.2, 0) is 0 Å². The van der Waals surface area contributed by atoms with Crippen molar-refractivity contribution < 1.29 is 0 Å².